The number of aldehydes is 1. The van der Waals surface area contributed by atoms with Gasteiger partial charge in [0.2, 0.25) is 0 Å². The van der Waals surface area contributed by atoms with Gasteiger partial charge in [-0.25, -0.2) is 4.98 Å². The lowest BCUT2D eigenvalue weighted by molar-refractivity contribution is 0.111. The molecule has 0 atom stereocenters. The third-order valence-corrected chi connectivity index (χ3v) is 3.08. The Hall–Kier alpha value is -1.83. The van der Waals surface area contributed by atoms with Gasteiger partial charge in [0.1, 0.15) is 5.69 Å². The molecular weight excluding hydrogens is 204 g/mol. The van der Waals surface area contributed by atoms with Crippen LogP contribution in [0, 0.1) is 17.4 Å². The Morgan fingerprint density at radius 1 is 1.56 bits per heavy atom. The van der Waals surface area contributed by atoms with E-state index >= 15 is 0 Å². The van der Waals surface area contributed by atoms with Crippen molar-refractivity contribution < 1.29 is 4.79 Å². The van der Waals surface area contributed by atoms with E-state index < -0.39 is 0 Å². The molecule has 1 aliphatic heterocycles. The zero-order valence-electron chi connectivity index (χ0n) is 9.04. The minimum atomic E-state index is 0.539. The highest BCUT2D eigenvalue weighted by Crippen LogP contribution is 2.18. The zero-order chi connectivity index (χ0) is 11.4. The summed E-state index contributed by atoms with van der Waals surface area (Å²) in [6, 6.07) is 0. The van der Waals surface area contributed by atoms with Crippen LogP contribution in [0.25, 0.3) is 0 Å². The molecule has 5 heteroatoms. The largest absolute Gasteiger partial charge is 0.328 e. The number of imidazole rings is 1. The number of aromatic nitrogens is 2. The van der Waals surface area contributed by atoms with Gasteiger partial charge in [-0.15, -0.1) is 0 Å². The normalized spacial score (nSPS) is 17.1. The fraction of sp³-hybridized carbons (Fsp3) is 0.545. The van der Waals surface area contributed by atoms with Crippen LogP contribution in [0.2, 0.25) is 0 Å². The molecule has 2 heterocycles. The van der Waals surface area contributed by atoms with Crippen molar-refractivity contribution in [3.05, 3.63) is 18.2 Å². The summed E-state index contributed by atoms with van der Waals surface area (Å²) in [6.07, 6.45) is 8.28. The van der Waals surface area contributed by atoms with Gasteiger partial charge >= 0.3 is 0 Å². The Morgan fingerprint density at radius 3 is 2.94 bits per heavy atom. The van der Waals surface area contributed by atoms with Gasteiger partial charge in [-0.3, -0.25) is 4.79 Å². The molecule has 2 rings (SSSR count). The van der Waals surface area contributed by atoms with Crippen LogP contribution in [0.5, 0.6) is 0 Å². The van der Waals surface area contributed by atoms with E-state index in [1.54, 1.807) is 17.4 Å². The minimum absolute atomic E-state index is 0.539. The monoisotopic (exact) mass is 218 g/mol. The van der Waals surface area contributed by atoms with Crippen LogP contribution in [-0.4, -0.2) is 33.8 Å². The van der Waals surface area contributed by atoms with E-state index in [1.807, 2.05) is 4.57 Å². The number of likely N-dealkylation sites (tertiary alicyclic amines) is 1. The number of nitriles is 1. The van der Waals surface area contributed by atoms with Gasteiger partial charge in [-0.2, -0.15) is 5.26 Å². The zero-order valence-corrected chi connectivity index (χ0v) is 9.04. The second kappa shape index (κ2) is 4.79. The lowest BCUT2D eigenvalue weighted by atomic mass is 9.97. The summed E-state index contributed by atoms with van der Waals surface area (Å²) in [6.45, 7) is 2.48. The van der Waals surface area contributed by atoms with Crippen molar-refractivity contribution >= 4 is 6.29 Å². The highest BCUT2D eigenvalue weighted by molar-refractivity contribution is 5.71. The summed E-state index contributed by atoms with van der Waals surface area (Å²) in [5, 5.41) is 8.73. The van der Waals surface area contributed by atoms with Crippen molar-refractivity contribution in [1.82, 2.24) is 14.5 Å². The molecule has 84 valence electrons. The first-order chi connectivity index (χ1) is 7.83. The first kappa shape index (κ1) is 10.7. The summed E-state index contributed by atoms with van der Waals surface area (Å²) < 4.78 is 1.89. The van der Waals surface area contributed by atoms with E-state index in [1.165, 1.54) is 0 Å². The number of piperidine rings is 1. The molecule has 0 radical (unpaired) electrons. The van der Waals surface area contributed by atoms with E-state index in [4.69, 9.17) is 5.26 Å². The van der Waals surface area contributed by atoms with E-state index in [9.17, 15) is 4.79 Å². The maximum Gasteiger partial charge on any atom is 0.179 e. The van der Waals surface area contributed by atoms with Crippen LogP contribution >= 0.6 is 0 Å². The second-order valence-corrected chi connectivity index (χ2v) is 4.12. The van der Waals surface area contributed by atoms with Crippen LogP contribution in [-0.2, 0) is 6.54 Å². The van der Waals surface area contributed by atoms with Gasteiger partial charge in [-0.05, 0) is 18.8 Å². The molecule has 1 saturated heterocycles. The average Bonchev–Trinajstić information content (AvgIpc) is 2.77. The van der Waals surface area contributed by atoms with Crippen molar-refractivity contribution in [3.63, 3.8) is 0 Å². The van der Waals surface area contributed by atoms with Gasteiger partial charge in [0.05, 0.1) is 12.5 Å². The predicted molar refractivity (Wildman–Crippen MR) is 57.5 cm³/mol. The molecule has 1 aromatic heterocycles. The molecule has 1 aromatic rings. The molecule has 0 N–H and O–H groups in total. The summed E-state index contributed by atoms with van der Waals surface area (Å²) in [5.74, 6) is 0.539. The van der Waals surface area contributed by atoms with Crippen molar-refractivity contribution in [2.24, 2.45) is 5.92 Å². The third kappa shape index (κ3) is 2.22. The highest BCUT2D eigenvalue weighted by Gasteiger charge is 2.19. The average molecular weight is 218 g/mol. The Morgan fingerprint density at radius 2 is 2.31 bits per heavy atom. The molecule has 1 aliphatic rings. The van der Waals surface area contributed by atoms with Gasteiger partial charge in [-0.1, -0.05) is 0 Å². The van der Waals surface area contributed by atoms with Crippen molar-refractivity contribution in [1.29, 1.82) is 5.26 Å². The summed E-state index contributed by atoms with van der Waals surface area (Å²) in [5.41, 5.74) is 0.628. The van der Waals surface area contributed by atoms with Crippen molar-refractivity contribution in [3.8, 4) is 6.19 Å². The standard InChI is InChI=1S/C11H14N4O/c12-8-14-3-1-10(2-4-14)6-15-9-13-5-11(15)7-16/h5,7,9-10H,1-4,6H2. The predicted octanol–water partition coefficient (Wildman–Crippen LogP) is 0.889. The number of hydrogen-bond acceptors (Lipinski definition) is 4. The molecule has 16 heavy (non-hydrogen) atoms. The number of carbonyl (C=O) groups excluding carboxylic acids is 1. The number of carbonyl (C=O) groups is 1. The fourth-order valence-corrected chi connectivity index (χ4v) is 2.08. The molecule has 0 aliphatic carbocycles. The van der Waals surface area contributed by atoms with Crippen LogP contribution < -0.4 is 0 Å². The van der Waals surface area contributed by atoms with Crippen LogP contribution in [0.3, 0.4) is 0 Å². The van der Waals surface area contributed by atoms with Crippen LogP contribution in [0.4, 0.5) is 0 Å². The van der Waals surface area contributed by atoms with Gasteiger partial charge in [0, 0.05) is 19.6 Å². The Balaban J connectivity index is 1.92. The molecule has 0 unspecified atom stereocenters. The lowest BCUT2D eigenvalue weighted by Crippen LogP contribution is -2.31. The van der Waals surface area contributed by atoms with E-state index in [0.717, 1.165) is 38.8 Å². The Labute approximate surface area is 94.3 Å². The second-order valence-electron chi connectivity index (χ2n) is 4.12. The van der Waals surface area contributed by atoms with Crippen molar-refractivity contribution in [2.45, 2.75) is 19.4 Å². The molecule has 5 nitrogen and oxygen atoms in total. The number of rotatable bonds is 3. The number of hydrogen-bond donors (Lipinski definition) is 0. The van der Waals surface area contributed by atoms with Gasteiger partial charge in [0.25, 0.3) is 0 Å². The lowest BCUT2D eigenvalue weighted by Gasteiger charge is -2.28. The molecule has 1 fully saturated rings. The fourth-order valence-electron chi connectivity index (χ4n) is 2.08. The topological polar surface area (TPSA) is 61.9 Å². The maximum atomic E-state index is 10.7. The van der Waals surface area contributed by atoms with Crippen LogP contribution in [0.15, 0.2) is 12.5 Å². The van der Waals surface area contributed by atoms with E-state index in [2.05, 4.69) is 11.2 Å². The SMILES string of the molecule is N#CN1CCC(Cn2cncc2C=O)CC1. The first-order valence-corrected chi connectivity index (χ1v) is 5.43. The van der Waals surface area contributed by atoms with Gasteiger partial charge in [0.15, 0.2) is 12.5 Å². The summed E-state index contributed by atoms with van der Waals surface area (Å²) in [7, 11) is 0. The van der Waals surface area contributed by atoms with Crippen LogP contribution in [0.1, 0.15) is 23.3 Å². The maximum absolute atomic E-state index is 10.7. The number of nitrogens with zero attached hydrogens (tertiary/aromatic N) is 4. The highest BCUT2D eigenvalue weighted by atomic mass is 16.1. The summed E-state index contributed by atoms with van der Waals surface area (Å²) >= 11 is 0. The van der Waals surface area contributed by atoms with E-state index in [0.29, 0.717) is 11.6 Å². The first-order valence-electron chi connectivity index (χ1n) is 5.43. The minimum Gasteiger partial charge on any atom is -0.328 e. The Kier molecular flexibility index (Phi) is 3.20. The molecule has 0 aromatic carbocycles. The van der Waals surface area contributed by atoms with Gasteiger partial charge < -0.3 is 9.47 Å². The summed E-state index contributed by atoms with van der Waals surface area (Å²) in [4.78, 5) is 16.5. The molecule has 0 saturated carbocycles. The smallest absolute Gasteiger partial charge is 0.179 e. The molecule has 0 bridgehead atoms. The van der Waals surface area contributed by atoms with E-state index in [-0.39, 0.29) is 0 Å². The molecule has 0 amide bonds. The third-order valence-electron chi connectivity index (χ3n) is 3.08. The molecular formula is C11H14N4O. The Bertz CT molecular complexity index is 398. The quantitative estimate of drug-likeness (QED) is 0.558. The molecule has 0 spiro atoms. The van der Waals surface area contributed by atoms with Crippen molar-refractivity contribution in [2.75, 3.05) is 13.1 Å².